The monoisotopic (exact) mass is 424 g/mol. The van der Waals surface area contributed by atoms with Crippen LogP contribution in [0.1, 0.15) is 55.1 Å². The van der Waals surface area contributed by atoms with Gasteiger partial charge in [0.05, 0.1) is 36.7 Å². The van der Waals surface area contributed by atoms with Crippen LogP contribution in [0, 0.1) is 13.8 Å². The van der Waals surface area contributed by atoms with Gasteiger partial charge < -0.3 is 24.2 Å². The minimum absolute atomic E-state index is 0.211. The number of hydrogen-bond donors (Lipinski definition) is 2. The van der Waals surface area contributed by atoms with Gasteiger partial charge in [-0.1, -0.05) is 12.1 Å². The Morgan fingerprint density at radius 3 is 2.52 bits per heavy atom. The van der Waals surface area contributed by atoms with Crippen LogP contribution in [0.3, 0.4) is 0 Å². The summed E-state index contributed by atoms with van der Waals surface area (Å²) >= 11 is 0. The third-order valence-corrected chi connectivity index (χ3v) is 4.91. The summed E-state index contributed by atoms with van der Waals surface area (Å²) in [6.07, 6.45) is 0.508. The largest absolute Gasteiger partial charge is 0.467 e. The number of para-hydroxylation sites is 1. The molecule has 3 aromatic rings. The summed E-state index contributed by atoms with van der Waals surface area (Å²) in [4.78, 5) is 40.5. The van der Waals surface area contributed by atoms with Crippen LogP contribution in [-0.4, -0.2) is 35.9 Å². The molecular formula is C23H24N2O6. The first kappa shape index (κ1) is 21.9. The summed E-state index contributed by atoms with van der Waals surface area (Å²) in [5.74, 6) is -0.903. The van der Waals surface area contributed by atoms with E-state index in [4.69, 9.17) is 13.9 Å². The number of furan rings is 1. The van der Waals surface area contributed by atoms with Gasteiger partial charge in [-0.2, -0.15) is 0 Å². The molecule has 8 nitrogen and oxygen atoms in total. The zero-order valence-corrected chi connectivity index (χ0v) is 17.8. The molecule has 0 spiro atoms. The summed E-state index contributed by atoms with van der Waals surface area (Å²) in [5, 5.41) is 3.13. The Hall–Kier alpha value is -3.81. The van der Waals surface area contributed by atoms with Crippen LogP contribution in [0.15, 0.2) is 47.1 Å². The fourth-order valence-electron chi connectivity index (χ4n) is 3.30. The van der Waals surface area contributed by atoms with Gasteiger partial charge in [0.1, 0.15) is 5.76 Å². The van der Waals surface area contributed by atoms with E-state index >= 15 is 0 Å². The average molecular weight is 424 g/mol. The number of aromatic nitrogens is 1. The fourth-order valence-corrected chi connectivity index (χ4v) is 3.30. The van der Waals surface area contributed by atoms with Crippen molar-refractivity contribution in [3.63, 3.8) is 0 Å². The Bertz CT molecular complexity index is 1100. The molecule has 2 aromatic heterocycles. The summed E-state index contributed by atoms with van der Waals surface area (Å²) in [7, 11) is 1.28. The number of nitrogens with one attached hydrogen (secondary N) is 2. The Labute approximate surface area is 179 Å². The number of benzene rings is 1. The van der Waals surface area contributed by atoms with Crippen molar-refractivity contribution in [1.29, 1.82) is 0 Å². The van der Waals surface area contributed by atoms with Crippen molar-refractivity contribution in [2.75, 3.05) is 12.4 Å². The molecule has 8 heteroatoms. The minimum Gasteiger partial charge on any atom is -0.467 e. The molecule has 0 fully saturated rings. The van der Waals surface area contributed by atoms with E-state index in [1.165, 1.54) is 14.0 Å². The molecule has 2 heterocycles. The van der Waals surface area contributed by atoms with Crippen LogP contribution < -0.4 is 5.32 Å². The molecule has 0 radical (unpaired) electrons. The van der Waals surface area contributed by atoms with E-state index in [9.17, 15) is 14.4 Å². The highest BCUT2D eigenvalue weighted by Crippen LogP contribution is 2.22. The fraction of sp³-hybridized carbons (Fsp3) is 0.261. The maximum absolute atomic E-state index is 12.9. The molecule has 0 saturated heterocycles. The molecule has 162 valence electrons. The van der Waals surface area contributed by atoms with E-state index in [0.29, 0.717) is 40.4 Å². The SMILES string of the molecule is COC(=O)c1c(C)[nH]c(C(=O)C(C)OC(=O)c2ccccc2NCc2ccco2)c1C. The van der Waals surface area contributed by atoms with Crippen molar-refractivity contribution in [2.45, 2.75) is 33.4 Å². The molecule has 0 saturated carbocycles. The molecule has 0 bridgehead atoms. The standard InChI is InChI=1S/C23H24N2O6/c1-13-19(23(28)29-4)14(2)25-20(13)21(26)15(3)31-22(27)17-9-5-6-10-18(17)24-12-16-8-7-11-30-16/h5-11,15,24-25H,12H2,1-4H3. The minimum atomic E-state index is -1.06. The number of carbonyl (C=O) groups is 3. The van der Waals surface area contributed by atoms with Gasteiger partial charge in [0.25, 0.3) is 0 Å². The lowest BCUT2D eigenvalue weighted by Gasteiger charge is -2.15. The van der Waals surface area contributed by atoms with Crippen molar-refractivity contribution in [1.82, 2.24) is 4.98 Å². The van der Waals surface area contributed by atoms with Gasteiger partial charge in [-0.15, -0.1) is 0 Å². The van der Waals surface area contributed by atoms with Gasteiger partial charge in [-0.05, 0) is 50.6 Å². The molecule has 0 aliphatic rings. The molecule has 1 unspecified atom stereocenters. The highest BCUT2D eigenvalue weighted by molar-refractivity contribution is 6.05. The van der Waals surface area contributed by atoms with Crippen molar-refractivity contribution < 1.29 is 28.3 Å². The number of esters is 2. The number of hydrogen-bond acceptors (Lipinski definition) is 7. The Balaban J connectivity index is 1.74. The molecule has 0 aliphatic carbocycles. The highest BCUT2D eigenvalue weighted by Gasteiger charge is 2.28. The number of aromatic amines is 1. The van der Waals surface area contributed by atoms with Crippen LogP contribution in [0.2, 0.25) is 0 Å². The van der Waals surface area contributed by atoms with E-state index in [0.717, 1.165) is 0 Å². The first-order chi connectivity index (χ1) is 14.8. The topological polar surface area (TPSA) is 111 Å². The van der Waals surface area contributed by atoms with E-state index in [1.54, 1.807) is 50.4 Å². The maximum Gasteiger partial charge on any atom is 0.340 e. The third kappa shape index (κ3) is 4.69. The van der Waals surface area contributed by atoms with Crippen LogP contribution in [0.25, 0.3) is 0 Å². The molecule has 1 aromatic carbocycles. The zero-order chi connectivity index (χ0) is 22.5. The maximum atomic E-state index is 12.9. The molecule has 0 amide bonds. The van der Waals surface area contributed by atoms with Crippen molar-refractivity contribution in [2.24, 2.45) is 0 Å². The smallest absolute Gasteiger partial charge is 0.340 e. The lowest BCUT2D eigenvalue weighted by molar-refractivity contribution is 0.0317. The highest BCUT2D eigenvalue weighted by atomic mass is 16.5. The normalized spacial score (nSPS) is 11.6. The van der Waals surface area contributed by atoms with Crippen LogP contribution in [0.5, 0.6) is 0 Å². The number of ether oxygens (including phenoxy) is 2. The Kier molecular flexibility index (Phi) is 6.59. The summed E-state index contributed by atoms with van der Waals surface area (Å²) < 4.78 is 15.5. The van der Waals surface area contributed by atoms with Crippen molar-refractivity contribution in [3.8, 4) is 0 Å². The van der Waals surface area contributed by atoms with Gasteiger partial charge in [0, 0.05) is 11.4 Å². The molecule has 31 heavy (non-hydrogen) atoms. The van der Waals surface area contributed by atoms with Crippen LogP contribution in [0.4, 0.5) is 5.69 Å². The number of methoxy groups -OCH3 is 1. The molecular weight excluding hydrogens is 400 g/mol. The van der Waals surface area contributed by atoms with Crippen LogP contribution in [-0.2, 0) is 16.0 Å². The third-order valence-electron chi connectivity index (χ3n) is 4.91. The predicted octanol–water partition coefficient (Wildman–Crippen LogP) is 4.05. The zero-order valence-electron chi connectivity index (χ0n) is 17.8. The number of Topliss-reactive ketones (excluding diaryl/α,β-unsaturated/α-hetero) is 1. The van der Waals surface area contributed by atoms with Crippen molar-refractivity contribution in [3.05, 3.63) is 76.5 Å². The van der Waals surface area contributed by atoms with Crippen molar-refractivity contribution >= 4 is 23.4 Å². The van der Waals surface area contributed by atoms with Gasteiger partial charge >= 0.3 is 11.9 Å². The summed E-state index contributed by atoms with van der Waals surface area (Å²) in [6.45, 7) is 5.20. The summed E-state index contributed by atoms with van der Waals surface area (Å²) in [6, 6.07) is 10.5. The second-order valence-electron chi connectivity index (χ2n) is 7.01. The predicted molar refractivity (Wildman–Crippen MR) is 113 cm³/mol. The number of H-pyrrole nitrogens is 1. The van der Waals surface area contributed by atoms with E-state index in [-0.39, 0.29) is 5.69 Å². The van der Waals surface area contributed by atoms with Crippen LogP contribution >= 0.6 is 0 Å². The first-order valence-corrected chi connectivity index (χ1v) is 9.71. The molecule has 0 aliphatic heterocycles. The Morgan fingerprint density at radius 1 is 1.10 bits per heavy atom. The second-order valence-corrected chi connectivity index (χ2v) is 7.01. The number of ketones is 1. The molecule has 3 rings (SSSR count). The Morgan fingerprint density at radius 2 is 1.84 bits per heavy atom. The van der Waals surface area contributed by atoms with Gasteiger partial charge in [-0.25, -0.2) is 9.59 Å². The van der Waals surface area contributed by atoms with E-state index < -0.39 is 23.8 Å². The number of rotatable bonds is 8. The van der Waals surface area contributed by atoms with E-state index in [2.05, 4.69) is 10.3 Å². The number of aryl methyl sites for hydroxylation is 1. The lowest BCUT2D eigenvalue weighted by atomic mass is 10.1. The molecule has 2 N–H and O–H groups in total. The molecule has 1 atom stereocenters. The van der Waals surface area contributed by atoms with Gasteiger partial charge in [0.15, 0.2) is 6.10 Å². The lowest BCUT2D eigenvalue weighted by Crippen LogP contribution is -2.26. The van der Waals surface area contributed by atoms with E-state index in [1.807, 2.05) is 6.07 Å². The second kappa shape index (κ2) is 9.34. The first-order valence-electron chi connectivity index (χ1n) is 9.71. The van der Waals surface area contributed by atoms with Gasteiger partial charge in [-0.3, -0.25) is 4.79 Å². The van der Waals surface area contributed by atoms with Gasteiger partial charge in [0.2, 0.25) is 5.78 Å². The number of anilines is 1. The quantitative estimate of drug-likeness (QED) is 0.414. The summed E-state index contributed by atoms with van der Waals surface area (Å²) in [5.41, 5.74) is 2.34. The average Bonchev–Trinajstić information content (AvgIpc) is 3.38. The number of carbonyl (C=O) groups excluding carboxylic acids is 3.